The van der Waals surface area contributed by atoms with Crippen molar-refractivity contribution in [2.45, 2.75) is 64.5 Å². The summed E-state index contributed by atoms with van der Waals surface area (Å²) in [4.78, 5) is 15.1. The van der Waals surface area contributed by atoms with E-state index in [2.05, 4.69) is 15.5 Å². The molecule has 0 radical (unpaired) electrons. The van der Waals surface area contributed by atoms with Gasteiger partial charge in [0.1, 0.15) is 0 Å². The quantitative estimate of drug-likeness (QED) is 0.869. The van der Waals surface area contributed by atoms with Crippen LogP contribution in [0.2, 0.25) is 0 Å². The van der Waals surface area contributed by atoms with Crippen molar-refractivity contribution in [1.82, 2.24) is 20.4 Å². The fraction of sp³-hybridized carbons (Fsp3) is 0.778. The number of amides is 2. The fourth-order valence-corrected chi connectivity index (χ4v) is 3.92. The van der Waals surface area contributed by atoms with Crippen LogP contribution < -0.4 is 5.32 Å². The molecule has 1 aromatic rings. The van der Waals surface area contributed by atoms with Gasteiger partial charge in [-0.25, -0.2) is 4.79 Å². The van der Waals surface area contributed by atoms with E-state index in [0.717, 1.165) is 37.2 Å². The zero-order chi connectivity index (χ0) is 17.1. The molecule has 134 valence electrons. The predicted octanol–water partition coefficient (Wildman–Crippen LogP) is 3.08. The fourth-order valence-electron chi connectivity index (χ4n) is 3.92. The Balaban J connectivity index is 1.77. The number of rotatable bonds is 5. The van der Waals surface area contributed by atoms with Crippen molar-refractivity contribution >= 4 is 6.03 Å². The number of aryl methyl sites for hydroxylation is 2. The van der Waals surface area contributed by atoms with E-state index in [9.17, 15) is 4.79 Å². The number of H-pyrrole nitrogens is 1. The van der Waals surface area contributed by atoms with Crippen LogP contribution in [-0.2, 0) is 4.74 Å². The lowest BCUT2D eigenvalue weighted by Crippen LogP contribution is -2.48. The second kappa shape index (κ2) is 7.55. The lowest BCUT2D eigenvalue weighted by Gasteiger charge is -2.32. The van der Waals surface area contributed by atoms with Gasteiger partial charge in [-0.1, -0.05) is 12.8 Å². The van der Waals surface area contributed by atoms with Gasteiger partial charge < -0.3 is 15.0 Å². The molecule has 2 fully saturated rings. The Bertz CT molecular complexity index is 548. The van der Waals surface area contributed by atoms with Gasteiger partial charge in [0.15, 0.2) is 0 Å². The van der Waals surface area contributed by atoms with Gasteiger partial charge in [-0.15, -0.1) is 0 Å². The topological polar surface area (TPSA) is 70.2 Å². The maximum Gasteiger partial charge on any atom is 0.318 e. The maximum absolute atomic E-state index is 13.0. The summed E-state index contributed by atoms with van der Waals surface area (Å²) < 4.78 is 5.31. The first kappa shape index (κ1) is 17.3. The number of hydrogen-bond donors (Lipinski definition) is 2. The molecule has 6 heteroatoms. The summed E-state index contributed by atoms with van der Waals surface area (Å²) >= 11 is 0. The first-order valence-corrected chi connectivity index (χ1v) is 9.19. The Morgan fingerprint density at radius 3 is 2.75 bits per heavy atom. The number of hydrogen-bond acceptors (Lipinski definition) is 3. The molecular formula is C18H30N4O2. The molecule has 6 nitrogen and oxygen atoms in total. The Morgan fingerprint density at radius 1 is 1.33 bits per heavy atom. The summed E-state index contributed by atoms with van der Waals surface area (Å²) in [5.41, 5.74) is 3.28. The highest BCUT2D eigenvalue weighted by Crippen LogP contribution is 2.35. The maximum atomic E-state index is 13.0. The number of aromatic amines is 1. The molecule has 0 aromatic carbocycles. The van der Waals surface area contributed by atoms with Crippen LogP contribution in [-0.4, -0.2) is 47.4 Å². The summed E-state index contributed by atoms with van der Waals surface area (Å²) in [7, 11) is 1.70. The molecule has 1 aliphatic carbocycles. The van der Waals surface area contributed by atoms with Crippen molar-refractivity contribution < 1.29 is 9.53 Å². The standard InChI is InChI=1S/C18H30N4O2/c1-12-17(13(2)21-20-12)16-7-5-4-6-10-22(16)18(23)19-15(11-24-3)14-8-9-14/h14-16H,4-11H2,1-3H3,(H,19,23)(H,20,21)/t15-,16-/m1/s1. The van der Waals surface area contributed by atoms with Gasteiger partial charge in [0.2, 0.25) is 0 Å². The van der Waals surface area contributed by atoms with E-state index in [1.165, 1.54) is 24.8 Å². The molecule has 0 spiro atoms. The van der Waals surface area contributed by atoms with Crippen LogP contribution in [0.3, 0.4) is 0 Å². The number of carbonyl (C=O) groups is 1. The van der Waals surface area contributed by atoms with E-state index in [4.69, 9.17) is 4.74 Å². The highest BCUT2D eigenvalue weighted by Gasteiger charge is 2.35. The minimum Gasteiger partial charge on any atom is -0.383 e. The van der Waals surface area contributed by atoms with Crippen LogP contribution in [0.4, 0.5) is 4.79 Å². The molecule has 3 rings (SSSR count). The van der Waals surface area contributed by atoms with Crippen molar-refractivity contribution in [2.24, 2.45) is 5.92 Å². The monoisotopic (exact) mass is 334 g/mol. The van der Waals surface area contributed by atoms with E-state index in [1.807, 2.05) is 18.7 Å². The third-order valence-corrected chi connectivity index (χ3v) is 5.38. The Labute approximate surface area is 144 Å². The van der Waals surface area contributed by atoms with Crippen LogP contribution in [0.25, 0.3) is 0 Å². The summed E-state index contributed by atoms with van der Waals surface area (Å²) in [5.74, 6) is 0.580. The van der Waals surface area contributed by atoms with Crippen LogP contribution >= 0.6 is 0 Å². The van der Waals surface area contributed by atoms with Crippen molar-refractivity contribution in [3.05, 3.63) is 17.0 Å². The van der Waals surface area contributed by atoms with Crippen molar-refractivity contribution in [1.29, 1.82) is 0 Å². The van der Waals surface area contributed by atoms with Gasteiger partial charge in [-0.3, -0.25) is 5.10 Å². The van der Waals surface area contributed by atoms with Crippen molar-refractivity contribution in [3.63, 3.8) is 0 Å². The molecule has 24 heavy (non-hydrogen) atoms. The number of methoxy groups -OCH3 is 1. The lowest BCUT2D eigenvalue weighted by atomic mass is 9.99. The highest BCUT2D eigenvalue weighted by molar-refractivity contribution is 5.75. The van der Waals surface area contributed by atoms with Crippen molar-refractivity contribution in [2.75, 3.05) is 20.3 Å². The average molecular weight is 334 g/mol. The lowest BCUT2D eigenvalue weighted by molar-refractivity contribution is 0.139. The summed E-state index contributed by atoms with van der Waals surface area (Å²) in [6, 6.07) is 0.308. The average Bonchev–Trinajstić information content (AvgIpc) is 3.36. The minimum absolute atomic E-state index is 0.0517. The van der Waals surface area contributed by atoms with Crippen molar-refractivity contribution in [3.8, 4) is 0 Å². The molecule has 2 N–H and O–H groups in total. The van der Waals surface area contributed by atoms with Crippen LogP contribution in [0.5, 0.6) is 0 Å². The zero-order valence-corrected chi connectivity index (χ0v) is 15.1. The molecule has 2 aliphatic rings. The summed E-state index contributed by atoms with van der Waals surface area (Å²) in [6.45, 7) is 5.48. The Morgan fingerprint density at radius 2 is 2.12 bits per heavy atom. The third-order valence-electron chi connectivity index (χ3n) is 5.38. The number of nitrogens with one attached hydrogen (secondary N) is 2. The number of ether oxygens (including phenoxy) is 1. The highest BCUT2D eigenvalue weighted by atomic mass is 16.5. The van der Waals surface area contributed by atoms with Gasteiger partial charge in [-0.2, -0.15) is 5.10 Å². The number of nitrogens with zero attached hydrogens (tertiary/aromatic N) is 2. The van der Waals surface area contributed by atoms with Gasteiger partial charge in [-0.05, 0) is 45.4 Å². The van der Waals surface area contributed by atoms with E-state index >= 15 is 0 Å². The van der Waals surface area contributed by atoms with E-state index in [-0.39, 0.29) is 18.1 Å². The molecular weight excluding hydrogens is 304 g/mol. The summed E-state index contributed by atoms with van der Waals surface area (Å²) in [6.07, 6.45) is 6.80. The summed E-state index contributed by atoms with van der Waals surface area (Å²) in [5, 5.41) is 10.7. The molecule has 2 amide bonds. The largest absolute Gasteiger partial charge is 0.383 e. The van der Waals surface area contributed by atoms with Gasteiger partial charge in [0.05, 0.1) is 24.4 Å². The molecule has 2 atom stereocenters. The van der Waals surface area contributed by atoms with Gasteiger partial charge >= 0.3 is 6.03 Å². The minimum atomic E-state index is 0.0517. The molecule has 1 saturated carbocycles. The number of aromatic nitrogens is 2. The number of likely N-dealkylation sites (tertiary alicyclic amines) is 1. The Kier molecular flexibility index (Phi) is 5.43. The molecule has 0 bridgehead atoms. The predicted molar refractivity (Wildman–Crippen MR) is 92.9 cm³/mol. The second-order valence-electron chi connectivity index (χ2n) is 7.25. The molecule has 1 aromatic heterocycles. The molecule has 0 unspecified atom stereocenters. The Hall–Kier alpha value is -1.56. The van der Waals surface area contributed by atoms with Gasteiger partial charge in [0, 0.05) is 24.9 Å². The molecule has 1 aliphatic heterocycles. The normalized spacial score (nSPS) is 23.0. The first-order valence-electron chi connectivity index (χ1n) is 9.19. The van der Waals surface area contributed by atoms with Crippen LogP contribution in [0.1, 0.15) is 61.5 Å². The van der Waals surface area contributed by atoms with E-state index in [0.29, 0.717) is 12.5 Å². The smallest absolute Gasteiger partial charge is 0.318 e. The number of carbonyl (C=O) groups excluding carboxylic acids is 1. The molecule has 1 saturated heterocycles. The van der Waals surface area contributed by atoms with Gasteiger partial charge in [0.25, 0.3) is 0 Å². The third kappa shape index (κ3) is 3.74. The second-order valence-corrected chi connectivity index (χ2v) is 7.25. The number of urea groups is 1. The van der Waals surface area contributed by atoms with E-state index in [1.54, 1.807) is 7.11 Å². The van der Waals surface area contributed by atoms with E-state index < -0.39 is 0 Å². The van der Waals surface area contributed by atoms with Crippen LogP contribution in [0.15, 0.2) is 0 Å². The first-order chi connectivity index (χ1) is 11.6. The SMILES string of the molecule is COC[C@@H](NC(=O)N1CCCCC[C@@H]1c1c(C)n[nH]c1C)C1CC1. The zero-order valence-electron chi connectivity index (χ0n) is 15.1. The van der Waals surface area contributed by atoms with Crippen LogP contribution in [0, 0.1) is 19.8 Å². The molecule has 2 heterocycles.